The van der Waals surface area contributed by atoms with Crippen LogP contribution in [0.5, 0.6) is 0 Å². The van der Waals surface area contributed by atoms with Crippen LogP contribution in [0.2, 0.25) is 0 Å². The molecule has 2 rings (SSSR count). The normalized spacial score (nSPS) is 16.8. The van der Waals surface area contributed by atoms with Crippen LogP contribution in [0, 0.1) is 0 Å². The zero-order valence-corrected chi connectivity index (χ0v) is 12.2. The van der Waals surface area contributed by atoms with E-state index in [-0.39, 0.29) is 12.4 Å². The third-order valence-corrected chi connectivity index (χ3v) is 3.55. The molecule has 9 nitrogen and oxygen atoms in total. The molecular formula is C12H19N5O4. The topological polar surface area (TPSA) is 101 Å². The fraction of sp³-hybridized carbons (Fsp3) is 0.667. The highest BCUT2D eigenvalue weighted by Crippen LogP contribution is 2.08. The van der Waals surface area contributed by atoms with Gasteiger partial charge < -0.3 is 10.0 Å². The van der Waals surface area contributed by atoms with Gasteiger partial charge in [-0.2, -0.15) is 0 Å². The van der Waals surface area contributed by atoms with E-state index in [9.17, 15) is 14.4 Å². The smallest absolute Gasteiger partial charge is 0.346 e. The van der Waals surface area contributed by atoms with Gasteiger partial charge in [-0.25, -0.2) is 9.48 Å². The number of rotatable bonds is 3. The molecule has 21 heavy (non-hydrogen) atoms. The molecule has 1 aromatic heterocycles. The second-order valence-electron chi connectivity index (χ2n) is 5.10. The van der Waals surface area contributed by atoms with Crippen molar-refractivity contribution >= 4 is 11.8 Å². The van der Waals surface area contributed by atoms with Crippen LogP contribution in [0.1, 0.15) is 6.42 Å². The SMILES string of the molecule is Cn1nc(N2CCCN(CC(=O)O)CC2)c(=O)n(C)c1=O. The molecule has 0 unspecified atom stereocenters. The first kappa shape index (κ1) is 15.2. The van der Waals surface area contributed by atoms with Gasteiger partial charge in [0.2, 0.25) is 5.82 Å². The fourth-order valence-corrected chi connectivity index (χ4v) is 2.41. The zero-order chi connectivity index (χ0) is 15.6. The molecule has 0 amide bonds. The molecule has 2 heterocycles. The Morgan fingerprint density at radius 3 is 2.57 bits per heavy atom. The van der Waals surface area contributed by atoms with Crippen LogP contribution in [-0.4, -0.2) is 63.0 Å². The Balaban J connectivity index is 2.22. The summed E-state index contributed by atoms with van der Waals surface area (Å²) in [6.07, 6.45) is 0.737. The minimum absolute atomic E-state index is 0.00739. The number of carboxylic acids is 1. The van der Waals surface area contributed by atoms with Crippen molar-refractivity contribution in [1.29, 1.82) is 0 Å². The molecule has 9 heteroatoms. The average Bonchev–Trinajstić information content (AvgIpc) is 2.65. The van der Waals surface area contributed by atoms with Crippen LogP contribution >= 0.6 is 0 Å². The van der Waals surface area contributed by atoms with Crippen LogP contribution < -0.4 is 16.1 Å². The summed E-state index contributed by atoms with van der Waals surface area (Å²) in [7, 11) is 2.92. The van der Waals surface area contributed by atoms with Gasteiger partial charge >= 0.3 is 11.7 Å². The summed E-state index contributed by atoms with van der Waals surface area (Å²) in [4.78, 5) is 38.2. The molecule has 1 aromatic rings. The summed E-state index contributed by atoms with van der Waals surface area (Å²) in [5.41, 5.74) is -0.893. The van der Waals surface area contributed by atoms with Crippen molar-refractivity contribution in [2.45, 2.75) is 6.42 Å². The van der Waals surface area contributed by atoms with Crippen molar-refractivity contribution in [3.8, 4) is 0 Å². The fourth-order valence-electron chi connectivity index (χ4n) is 2.41. The standard InChI is InChI=1S/C12H19N5O4/c1-14-11(20)10(13-15(2)12(14)21)17-5-3-4-16(6-7-17)8-9(18)19/h3-8H2,1-2H3,(H,18,19). The first-order valence-electron chi connectivity index (χ1n) is 6.73. The quantitative estimate of drug-likeness (QED) is 0.693. The van der Waals surface area contributed by atoms with Crippen molar-refractivity contribution in [3.05, 3.63) is 20.8 Å². The molecule has 0 atom stereocenters. The lowest BCUT2D eigenvalue weighted by Crippen LogP contribution is -2.44. The zero-order valence-electron chi connectivity index (χ0n) is 12.2. The van der Waals surface area contributed by atoms with Gasteiger partial charge in [-0.3, -0.25) is 19.1 Å². The van der Waals surface area contributed by atoms with Gasteiger partial charge in [-0.1, -0.05) is 0 Å². The Bertz CT molecular complexity index is 650. The molecule has 1 aliphatic heterocycles. The van der Waals surface area contributed by atoms with Gasteiger partial charge in [0.25, 0.3) is 5.56 Å². The van der Waals surface area contributed by atoms with Gasteiger partial charge in [0, 0.05) is 40.3 Å². The van der Waals surface area contributed by atoms with Crippen molar-refractivity contribution in [1.82, 2.24) is 19.2 Å². The average molecular weight is 297 g/mol. The van der Waals surface area contributed by atoms with E-state index < -0.39 is 17.2 Å². The summed E-state index contributed by atoms with van der Waals surface area (Å²) in [6, 6.07) is 0. The number of aromatic nitrogens is 3. The molecule has 0 bridgehead atoms. The minimum Gasteiger partial charge on any atom is -0.480 e. The number of nitrogens with zero attached hydrogens (tertiary/aromatic N) is 5. The lowest BCUT2D eigenvalue weighted by molar-refractivity contribution is -0.138. The Morgan fingerprint density at radius 2 is 1.90 bits per heavy atom. The molecular weight excluding hydrogens is 278 g/mol. The van der Waals surface area contributed by atoms with E-state index >= 15 is 0 Å². The van der Waals surface area contributed by atoms with Gasteiger partial charge in [0.1, 0.15) is 0 Å². The Hall–Kier alpha value is -2.16. The second-order valence-corrected chi connectivity index (χ2v) is 5.10. The number of anilines is 1. The number of carbonyl (C=O) groups is 1. The van der Waals surface area contributed by atoms with Gasteiger partial charge in [0.15, 0.2) is 0 Å². The molecule has 116 valence electrons. The van der Waals surface area contributed by atoms with Gasteiger partial charge in [0.05, 0.1) is 6.54 Å². The predicted octanol–water partition coefficient (Wildman–Crippen LogP) is -1.92. The molecule has 0 spiro atoms. The molecule has 1 saturated heterocycles. The molecule has 1 N–H and O–H groups in total. The highest BCUT2D eigenvalue weighted by atomic mass is 16.4. The third kappa shape index (κ3) is 3.30. The first-order valence-corrected chi connectivity index (χ1v) is 6.73. The van der Waals surface area contributed by atoms with Crippen LogP contribution in [0.15, 0.2) is 9.59 Å². The summed E-state index contributed by atoms with van der Waals surface area (Å²) in [5, 5.41) is 12.9. The number of hydrogen-bond donors (Lipinski definition) is 1. The number of aryl methyl sites for hydroxylation is 1. The summed E-state index contributed by atoms with van der Waals surface area (Å²) in [6.45, 7) is 2.31. The molecule has 1 aliphatic rings. The summed E-state index contributed by atoms with van der Waals surface area (Å²) >= 11 is 0. The van der Waals surface area contributed by atoms with E-state index in [1.807, 2.05) is 9.80 Å². The number of aliphatic carboxylic acids is 1. The molecule has 0 radical (unpaired) electrons. The second kappa shape index (κ2) is 6.08. The summed E-state index contributed by atoms with van der Waals surface area (Å²) < 4.78 is 2.17. The third-order valence-electron chi connectivity index (χ3n) is 3.55. The number of carboxylic acid groups (broad SMARTS) is 1. The van der Waals surface area contributed by atoms with E-state index in [2.05, 4.69) is 5.10 Å². The Labute approximate surface area is 121 Å². The number of hydrogen-bond acceptors (Lipinski definition) is 6. The highest BCUT2D eigenvalue weighted by molar-refractivity contribution is 5.69. The van der Waals surface area contributed by atoms with E-state index in [0.717, 1.165) is 15.7 Å². The van der Waals surface area contributed by atoms with Gasteiger partial charge in [-0.15, -0.1) is 5.10 Å². The largest absolute Gasteiger partial charge is 0.480 e. The molecule has 0 aliphatic carbocycles. The predicted molar refractivity (Wildman–Crippen MR) is 75.6 cm³/mol. The maximum atomic E-state index is 12.2. The van der Waals surface area contributed by atoms with Crippen LogP contribution in [-0.2, 0) is 18.9 Å². The van der Waals surface area contributed by atoms with Crippen molar-refractivity contribution < 1.29 is 9.90 Å². The van der Waals surface area contributed by atoms with Crippen LogP contribution in [0.3, 0.4) is 0 Å². The summed E-state index contributed by atoms with van der Waals surface area (Å²) in [5.74, 6) is -0.628. The highest BCUT2D eigenvalue weighted by Gasteiger charge is 2.21. The maximum absolute atomic E-state index is 12.2. The molecule has 0 saturated carbocycles. The maximum Gasteiger partial charge on any atom is 0.346 e. The van der Waals surface area contributed by atoms with Crippen molar-refractivity contribution in [2.24, 2.45) is 14.1 Å². The first-order chi connectivity index (χ1) is 9.90. The Kier molecular flexibility index (Phi) is 4.41. The monoisotopic (exact) mass is 297 g/mol. The van der Waals surface area contributed by atoms with Crippen molar-refractivity contribution in [3.63, 3.8) is 0 Å². The van der Waals surface area contributed by atoms with Crippen LogP contribution in [0.4, 0.5) is 5.82 Å². The van der Waals surface area contributed by atoms with E-state index in [0.29, 0.717) is 26.2 Å². The van der Waals surface area contributed by atoms with Crippen molar-refractivity contribution in [2.75, 3.05) is 37.6 Å². The molecule has 0 aromatic carbocycles. The van der Waals surface area contributed by atoms with E-state index in [1.54, 1.807) is 0 Å². The minimum atomic E-state index is -0.861. The Morgan fingerprint density at radius 1 is 1.19 bits per heavy atom. The molecule has 1 fully saturated rings. The lowest BCUT2D eigenvalue weighted by atomic mass is 10.4. The lowest BCUT2D eigenvalue weighted by Gasteiger charge is -2.21. The van der Waals surface area contributed by atoms with Gasteiger partial charge in [-0.05, 0) is 6.42 Å². The van der Waals surface area contributed by atoms with Crippen LogP contribution in [0.25, 0.3) is 0 Å². The van der Waals surface area contributed by atoms with E-state index in [4.69, 9.17) is 5.11 Å². The van der Waals surface area contributed by atoms with E-state index in [1.165, 1.54) is 14.1 Å².